The molecule has 3 aliphatic rings. The number of aliphatic imine (C=N–C) groups is 1. The van der Waals surface area contributed by atoms with Gasteiger partial charge in [0.15, 0.2) is 5.96 Å². The van der Waals surface area contributed by atoms with Gasteiger partial charge in [0.05, 0.1) is 18.0 Å². The van der Waals surface area contributed by atoms with Crippen LogP contribution in [0.4, 0.5) is 13.2 Å². The van der Waals surface area contributed by atoms with Crippen LogP contribution in [0, 0.1) is 11.8 Å². The van der Waals surface area contributed by atoms with Gasteiger partial charge >= 0.3 is 6.36 Å². The van der Waals surface area contributed by atoms with Crippen LogP contribution in [0.5, 0.6) is 11.5 Å². The van der Waals surface area contributed by atoms with E-state index in [1.54, 1.807) is 21.0 Å². The zero-order chi connectivity index (χ0) is 28.0. The number of alkyl halides is 3. The number of fused-ring (bicyclic) bond motifs is 1. The molecule has 2 aliphatic heterocycles. The number of carbonyl (C=O) groups excluding carboxylic acids is 2. The van der Waals surface area contributed by atoms with Gasteiger partial charge in [-0.25, -0.2) is 4.99 Å². The Hall–Kier alpha value is -3.02. The van der Waals surface area contributed by atoms with Gasteiger partial charge in [-0.15, -0.1) is 13.2 Å². The van der Waals surface area contributed by atoms with E-state index in [1.165, 1.54) is 23.1 Å². The van der Waals surface area contributed by atoms with Crippen LogP contribution in [-0.2, 0) is 14.3 Å². The van der Waals surface area contributed by atoms with Crippen molar-refractivity contribution in [3.8, 4) is 11.5 Å². The first-order chi connectivity index (χ1) is 17.6. The molecule has 2 heterocycles. The molecule has 1 fully saturated rings. The normalized spacial score (nSPS) is 26.5. The maximum absolute atomic E-state index is 13.4. The van der Waals surface area contributed by atoms with E-state index in [0.29, 0.717) is 31.4 Å². The lowest BCUT2D eigenvalue weighted by Crippen LogP contribution is -2.55. The highest BCUT2D eigenvalue weighted by molar-refractivity contribution is 5.99. The summed E-state index contributed by atoms with van der Waals surface area (Å²) >= 11 is 0. The Balaban J connectivity index is 1.50. The van der Waals surface area contributed by atoms with E-state index in [4.69, 9.17) is 15.2 Å². The maximum Gasteiger partial charge on any atom is 0.573 e. The number of ether oxygens (including phenoxy) is 3. The summed E-state index contributed by atoms with van der Waals surface area (Å²) in [6.07, 6.45) is -3.11. The highest BCUT2D eigenvalue weighted by Gasteiger charge is 2.52. The molecule has 210 valence electrons. The number of rotatable bonds is 8. The second kappa shape index (κ2) is 9.94. The predicted molar refractivity (Wildman–Crippen MR) is 132 cm³/mol. The van der Waals surface area contributed by atoms with Gasteiger partial charge in [-0.2, -0.15) is 0 Å². The summed E-state index contributed by atoms with van der Waals surface area (Å²) in [5, 5.41) is 3.06. The molecule has 9 nitrogen and oxygen atoms in total. The first-order valence-corrected chi connectivity index (χ1v) is 12.6. The van der Waals surface area contributed by atoms with Crippen LogP contribution < -0.4 is 20.5 Å². The van der Waals surface area contributed by atoms with Crippen LogP contribution in [0.3, 0.4) is 0 Å². The van der Waals surface area contributed by atoms with Gasteiger partial charge < -0.3 is 25.3 Å². The molecule has 0 radical (unpaired) electrons. The molecule has 3 N–H and O–H groups in total. The summed E-state index contributed by atoms with van der Waals surface area (Å²) in [7, 11) is 1.57. The van der Waals surface area contributed by atoms with E-state index in [1.807, 2.05) is 13.8 Å². The minimum absolute atomic E-state index is 0.126. The van der Waals surface area contributed by atoms with Gasteiger partial charge in [0.25, 0.3) is 0 Å². The number of benzene rings is 1. The van der Waals surface area contributed by atoms with Crippen molar-refractivity contribution in [1.29, 1.82) is 0 Å². The third kappa shape index (κ3) is 6.33. The zero-order valence-corrected chi connectivity index (χ0v) is 22.2. The van der Waals surface area contributed by atoms with Crippen LogP contribution in [0.15, 0.2) is 23.2 Å². The Bertz CT molecular complexity index is 1120. The van der Waals surface area contributed by atoms with Gasteiger partial charge in [-0.3, -0.25) is 14.5 Å². The fraction of sp³-hybridized carbons (Fsp3) is 0.654. The first-order valence-electron chi connectivity index (χ1n) is 12.6. The third-order valence-electron chi connectivity index (χ3n) is 7.13. The number of guanidine groups is 1. The SMILES string of the molecule is COCC[C@H]([C@@H]1C[C@H]1C(=O)N[C@H]1CC(C)(C)Oc2cc(OC(F)(F)F)ccc21)N1C(=O)CC(C)(C)N=C1N. The number of nitrogens with zero attached hydrogens (tertiary/aromatic N) is 2. The van der Waals surface area contributed by atoms with Gasteiger partial charge in [-0.1, -0.05) is 0 Å². The largest absolute Gasteiger partial charge is 0.573 e. The number of nitrogens with one attached hydrogen (secondary N) is 1. The van der Waals surface area contributed by atoms with Gasteiger partial charge in [-0.05, 0) is 58.6 Å². The molecule has 1 aliphatic carbocycles. The molecular weight excluding hydrogens is 505 g/mol. The molecule has 1 saturated carbocycles. The topological polar surface area (TPSA) is 115 Å². The van der Waals surface area contributed by atoms with Crippen molar-refractivity contribution >= 4 is 17.8 Å². The summed E-state index contributed by atoms with van der Waals surface area (Å²) in [4.78, 5) is 32.4. The van der Waals surface area contributed by atoms with Crippen molar-refractivity contribution in [2.75, 3.05) is 13.7 Å². The van der Waals surface area contributed by atoms with E-state index in [2.05, 4.69) is 15.0 Å². The maximum atomic E-state index is 13.4. The number of nitrogens with two attached hydrogens (primary N) is 1. The van der Waals surface area contributed by atoms with Crippen molar-refractivity contribution in [1.82, 2.24) is 10.2 Å². The number of hydrogen-bond acceptors (Lipinski definition) is 7. The molecule has 1 aromatic rings. The Morgan fingerprint density at radius 3 is 2.66 bits per heavy atom. The summed E-state index contributed by atoms with van der Waals surface area (Å²) in [5.74, 6) is -0.822. The average Bonchev–Trinajstić information content (AvgIpc) is 3.53. The Morgan fingerprint density at radius 1 is 1.32 bits per heavy atom. The lowest BCUT2D eigenvalue weighted by molar-refractivity contribution is -0.274. The fourth-order valence-corrected chi connectivity index (χ4v) is 5.49. The number of halogens is 3. The number of amides is 2. The third-order valence-corrected chi connectivity index (χ3v) is 7.13. The molecule has 38 heavy (non-hydrogen) atoms. The van der Waals surface area contributed by atoms with E-state index in [-0.39, 0.29) is 47.8 Å². The minimum Gasteiger partial charge on any atom is -0.487 e. The molecule has 12 heteroatoms. The summed E-state index contributed by atoms with van der Waals surface area (Å²) in [5.41, 5.74) is 5.46. The second-order valence-corrected chi connectivity index (χ2v) is 11.5. The molecule has 4 atom stereocenters. The monoisotopic (exact) mass is 540 g/mol. The van der Waals surface area contributed by atoms with Gasteiger partial charge in [0, 0.05) is 43.7 Å². The molecule has 0 bridgehead atoms. The van der Waals surface area contributed by atoms with Crippen LogP contribution >= 0.6 is 0 Å². The standard InChI is InChI=1S/C26H35F3N4O5/c1-24(2)13-21(34)33(23(30)32-24)19(8-9-36-5)16-11-17(16)22(35)31-18-12-25(3,4)38-20-10-14(6-7-15(18)20)37-26(27,28)29/h6-7,10,16-19H,8-9,11-13H2,1-5H3,(H2,30,32)(H,31,35)/t16-,17-,18+,19-/m1/s1. The summed E-state index contributed by atoms with van der Waals surface area (Å²) in [6.45, 7) is 7.69. The molecule has 0 spiro atoms. The van der Waals surface area contributed by atoms with Crippen molar-refractivity contribution in [3.63, 3.8) is 0 Å². The summed E-state index contributed by atoms with van der Waals surface area (Å²) in [6, 6.07) is 3.07. The highest BCUT2D eigenvalue weighted by atomic mass is 19.4. The van der Waals surface area contributed by atoms with Crippen LogP contribution in [0.2, 0.25) is 0 Å². The molecule has 0 aromatic heterocycles. The Labute approximate surface area is 219 Å². The molecule has 0 unspecified atom stereocenters. The summed E-state index contributed by atoms with van der Waals surface area (Å²) < 4.78 is 53.3. The minimum atomic E-state index is -4.83. The fourth-order valence-electron chi connectivity index (χ4n) is 5.49. The van der Waals surface area contributed by atoms with Crippen molar-refractivity contribution in [3.05, 3.63) is 23.8 Å². The highest BCUT2D eigenvalue weighted by Crippen LogP contribution is 2.47. The molecular formula is C26H35F3N4O5. The number of methoxy groups -OCH3 is 1. The second-order valence-electron chi connectivity index (χ2n) is 11.5. The first kappa shape index (κ1) is 28.0. The zero-order valence-electron chi connectivity index (χ0n) is 22.2. The molecule has 4 rings (SSSR count). The van der Waals surface area contributed by atoms with E-state index < -0.39 is 29.3 Å². The van der Waals surface area contributed by atoms with Crippen molar-refractivity contribution in [2.24, 2.45) is 22.6 Å². The van der Waals surface area contributed by atoms with Crippen LogP contribution in [0.25, 0.3) is 0 Å². The molecule has 1 aromatic carbocycles. The van der Waals surface area contributed by atoms with E-state index in [9.17, 15) is 22.8 Å². The quantitative estimate of drug-likeness (QED) is 0.520. The molecule has 2 amide bonds. The Kier molecular flexibility index (Phi) is 7.32. The van der Waals surface area contributed by atoms with Crippen molar-refractivity contribution < 1.29 is 37.0 Å². The van der Waals surface area contributed by atoms with Gasteiger partial charge in [0.1, 0.15) is 17.1 Å². The van der Waals surface area contributed by atoms with Crippen LogP contribution in [-0.4, -0.2) is 59.9 Å². The van der Waals surface area contributed by atoms with E-state index >= 15 is 0 Å². The van der Waals surface area contributed by atoms with Crippen LogP contribution in [0.1, 0.15) is 65.0 Å². The smallest absolute Gasteiger partial charge is 0.487 e. The van der Waals surface area contributed by atoms with E-state index in [0.717, 1.165) is 0 Å². The predicted octanol–water partition coefficient (Wildman–Crippen LogP) is 3.67. The van der Waals surface area contributed by atoms with Crippen molar-refractivity contribution in [2.45, 2.75) is 83.0 Å². The molecule has 0 saturated heterocycles. The number of carbonyl (C=O) groups is 2. The lowest BCUT2D eigenvalue weighted by Gasteiger charge is -2.38. The average molecular weight is 541 g/mol. The Morgan fingerprint density at radius 2 is 2.03 bits per heavy atom. The lowest BCUT2D eigenvalue weighted by atomic mass is 9.89. The number of hydrogen-bond donors (Lipinski definition) is 2. The van der Waals surface area contributed by atoms with Gasteiger partial charge in [0.2, 0.25) is 11.8 Å².